The molecule has 4 heterocycles. The van der Waals surface area contributed by atoms with E-state index in [1.54, 1.807) is 6.20 Å². The Kier molecular flexibility index (Phi) is 5.06. The fourth-order valence-corrected chi connectivity index (χ4v) is 5.00. The van der Waals surface area contributed by atoms with E-state index < -0.39 is 0 Å². The van der Waals surface area contributed by atoms with E-state index in [4.69, 9.17) is 21.1 Å². The molecule has 0 unspecified atom stereocenters. The van der Waals surface area contributed by atoms with Crippen molar-refractivity contribution < 1.29 is 14.3 Å². The highest BCUT2D eigenvalue weighted by Gasteiger charge is 2.39. The second-order valence-electron chi connectivity index (χ2n) is 8.07. The lowest BCUT2D eigenvalue weighted by atomic mass is 9.83. The summed E-state index contributed by atoms with van der Waals surface area (Å²) in [5, 5.41) is 0.716. The standard InChI is InChI=1S/C22H24ClN3O3/c23-18-9-21-20(28-14-29-21)8-17(18)13-25-7-5-19-16(12-25)3-4-22(27)26(19)11-15-2-1-6-24-10-15/h1-2,6,8-10,16,19H,3-5,7,11-14H2/t16-,19+/m1/s1. The van der Waals surface area contributed by atoms with Gasteiger partial charge in [0.05, 0.1) is 0 Å². The first-order chi connectivity index (χ1) is 14.2. The second kappa shape index (κ2) is 7.84. The Hall–Kier alpha value is -2.31. The Morgan fingerprint density at radius 3 is 2.86 bits per heavy atom. The van der Waals surface area contributed by atoms with Gasteiger partial charge in [0.2, 0.25) is 12.7 Å². The van der Waals surface area contributed by atoms with E-state index in [-0.39, 0.29) is 12.7 Å². The summed E-state index contributed by atoms with van der Waals surface area (Å²) in [6.45, 7) is 3.62. The van der Waals surface area contributed by atoms with Crippen LogP contribution in [0.3, 0.4) is 0 Å². The van der Waals surface area contributed by atoms with Crippen molar-refractivity contribution in [2.45, 2.75) is 38.4 Å². The predicted molar refractivity (Wildman–Crippen MR) is 109 cm³/mol. The van der Waals surface area contributed by atoms with Crippen LogP contribution in [0.5, 0.6) is 11.5 Å². The molecule has 1 aromatic heterocycles. The van der Waals surface area contributed by atoms with Crippen LogP contribution in [0.4, 0.5) is 0 Å². The number of aromatic nitrogens is 1. The minimum atomic E-state index is 0.253. The number of likely N-dealkylation sites (tertiary alicyclic amines) is 2. The Morgan fingerprint density at radius 2 is 2.03 bits per heavy atom. The molecule has 7 heteroatoms. The number of hydrogen-bond donors (Lipinski definition) is 0. The summed E-state index contributed by atoms with van der Waals surface area (Å²) in [6.07, 6.45) is 6.19. The van der Waals surface area contributed by atoms with Crippen LogP contribution in [-0.2, 0) is 17.9 Å². The third-order valence-corrected chi connectivity index (χ3v) is 6.59. The van der Waals surface area contributed by atoms with Crippen LogP contribution < -0.4 is 9.47 Å². The Morgan fingerprint density at radius 1 is 1.17 bits per heavy atom. The molecule has 5 rings (SSSR count). The molecule has 0 bridgehead atoms. The molecule has 3 aliphatic heterocycles. The molecule has 2 atom stereocenters. The molecule has 2 aromatic rings. The first-order valence-electron chi connectivity index (χ1n) is 10.2. The molecule has 3 aliphatic rings. The fourth-order valence-electron chi connectivity index (χ4n) is 4.79. The summed E-state index contributed by atoms with van der Waals surface area (Å²) in [4.78, 5) is 21.3. The molecule has 2 saturated heterocycles. The monoisotopic (exact) mass is 413 g/mol. The zero-order valence-electron chi connectivity index (χ0n) is 16.2. The molecular formula is C22H24ClN3O3. The molecular weight excluding hydrogens is 390 g/mol. The molecule has 1 aromatic carbocycles. The van der Waals surface area contributed by atoms with Crippen molar-refractivity contribution in [2.75, 3.05) is 19.9 Å². The van der Waals surface area contributed by atoms with Gasteiger partial charge < -0.3 is 14.4 Å². The van der Waals surface area contributed by atoms with Crippen molar-refractivity contribution in [3.05, 3.63) is 52.8 Å². The summed E-state index contributed by atoms with van der Waals surface area (Å²) in [7, 11) is 0. The second-order valence-corrected chi connectivity index (χ2v) is 8.48. The Bertz CT molecular complexity index is 908. The number of pyridine rings is 1. The maximum atomic E-state index is 12.6. The zero-order valence-corrected chi connectivity index (χ0v) is 17.0. The van der Waals surface area contributed by atoms with Gasteiger partial charge in [-0.25, -0.2) is 0 Å². The van der Waals surface area contributed by atoms with E-state index in [2.05, 4.69) is 14.8 Å². The lowest BCUT2D eigenvalue weighted by Gasteiger charge is -2.47. The van der Waals surface area contributed by atoms with Crippen LogP contribution in [0.1, 0.15) is 30.4 Å². The predicted octanol–water partition coefficient (Wildman–Crippen LogP) is 3.48. The number of fused-ring (bicyclic) bond motifs is 2. The highest BCUT2D eigenvalue weighted by Crippen LogP contribution is 2.38. The number of carbonyl (C=O) groups is 1. The van der Waals surface area contributed by atoms with Gasteiger partial charge in [-0.05, 0) is 42.0 Å². The lowest BCUT2D eigenvalue weighted by Crippen LogP contribution is -2.55. The van der Waals surface area contributed by atoms with Crippen molar-refractivity contribution in [2.24, 2.45) is 5.92 Å². The first kappa shape index (κ1) is 18.7. The largest absolute Gasteiger partial charge is 0.454 e. The van der Waals surface area contributed by atoms with Crippen LogP contribution in [0, 0.1) is 5.92 Å². The summed E-state index contributed by atoms with van der Waals surface area (Å²) in [5.74, 6) is 2.24. The van der Waals surface area contributed by atoms with E-state index in [1.807, 2.05) is 30.5 Å². The number of benzene rings is 1. The van der Waals surface area contributed by atoms with Crippen LogP contribution in [0.15, 0.2) is 36.7 Å². The molecule has 0 N–H and O–H groups in total. The van der Waals surface area contributed by atoms with Crippen LogP contribution >= 0.6 is 11.6 Å². The van der Waals surface area contributed by atoms with Gasteiger partial charge in [0.15, 0.2) is 11.5 Å². The van der Waals surface area contributed by atoms with E-state index in [0.29, 0.717) is 35.7 Å². The average Bonchev–Trinajstić information content (AvgIpc) is 3.18. The maximum Gasteiger partial charge on any atom is 0.231 e. The van der Waals surface area contributed by atoms with Gasteiger partial charge in [0, 0.05) is 62.1 Å². The first-order valence-corrected chi connectivity index (χ1v) is 10.5. The van der Waals surface area contributed by atoms with Crippen molar-refractivity contribution in [1.29, 1.82) is 0 Å². The van der Waals surface area contributed by atoms with Gasteiger partial charge in [-0.2, -0.15) is 0 Å². The minimum absolute atomic E-state index is 0.253. The number of halogens is 1. The van der Waals surface area contributed by atoms with Gasteiger partial charge in [-0.15, -0.1) is 0 Å². The van der Waals surface area contributed by atoms with Crippen molar-refractivity contribution in [3.8, 4) is 11.5 Å². The van der Waals surface area contributed by atoms with E-state index in [0.717, 1.165) is 49.4 Å². The SMILES string of the molecule is O=C1CC[C@@H]2CN(Cc3cc4c(cc3Cl)OCO4)CC[C@@H]2N1Cc1cccnc1. The number of amides is 1. The van der Waals surface area contributed by atoms with Crippen molar-refractivity contribution in [1.82, 2.24) is 14.8 Å². The lowest BCUT2D eigenvalue weighted by molar-refractivity contribution is -0.142. The molecule has 1 amide bonds. The molecule has 0 saturated carbocycles. The topological polar surface area (TPSA) is 54.9 Å². The molecule has 29 heavy (non-hydrogen) atoms. The summed E-state index contributed by atoms with van der Waals surface area (Å²) in [5.41, 5.74) is 2.16. The van der Waals surface area contributed by atoms with Gasteiger partial charge in [-0.3, -0.25) is 14.7 Å². The molecule has 0 spiro atoms. The number of carbonyl (C=O) groups excluding carboxylic acids is 1. The quantitative estimate of drug-likeness (QED) is 0.768. The van der Waals surface area contributed by atoms with Crippen molar-refractivity contribution >= 4 is 17.5 Å². The molecule has 0 aliphatic carbocycles. The summed E-state index contributed by atoms with van der Waals surface area (Å²) in [6, 6.07) is 8.12. The van der Waals surface area contributed by atoms with E-state index in [1.165, 1.54) is 0 Å². The number of piperidine rings is 2. The normalized spacial score (nSPS) is 23.9. The van der Waals surface area contributed by atoms with Crippen LogP contribution in [-0.4, -0.2) is 46.6 Å². The fraction of sp³-hybridized carbons (Fsp3) is 0.455. The maximum absolute atomic E-state index is 12.6. The van der Waals surface area contributed by atoms with Gasteiger partial charge in [0.25, 0.3) is 0 Å². The van der Waals surface area contributed by atoms with Gasteiger partial charge >= 0.3 is 0 Å². The van der Waals surface area contributed by atoms with E-state index >= 15 is 0 Å². The molecule has 6 nitrogen and oxygen atoms in total. The van der Waals surface area contributed by atoms with Crippen LogP contribution in [0.2, 0.25) is 5.02 Å². The number of nitrogens with zero attached hydrogens (tertiary/aromatic N) is 3. The number of rotatable bonds is 4. The highest BCUT2D eigenvalue weighted by molar-refractivity contribution is 6.31. The average molecular weight is 414 g/mol. The third kappa shape index (κ3) is 3.79. The van der Waals surface area contributed by atoms with Gasteiger partial charge in [-0.1, -0.05) is 17.7 Å². The van der Waals surface area contributed by atoms with Gasteiger partial charge in [0.1, 0.15) is 0 Å². The third-order valence-electron chi connectivity index (χ3n) is 6.24. The smallest absolute Gasteiger partial charge is 0.231 e. The summed E-state index contributed by atoms with van der Waals surface area (Å²) >= 11 is 6.48. The number of ether oxygens (including phenoxy) is 2. The highest BCUT2D eigenvalue weighted by atomic mass is 35.5. The zero-order chi connectivity index (χ0) is 19.8. The molecule has 2 fully saturated rings. The van der Waals surface area contributed by atoms with Crippen molar-refractivity contribution in [3.63, 3.8) is 0 Å². The Labute approximate surface area is 175 Å². The Balaban J connectivity index is 1.27. The summed E-state index contributed by atoms with van der Waals surface area (Å²) < 4.78 is 10.9. The van der Waals surface area contributed by atoms with E-state index in [9.17, 15) is 4.79 Å². The number of hydrogen-bond acceptors (Lipinski definition) is 5. The van der Waals surface area contributed by atoms with Crippen LogP contribution in [0.25, 0.3) is 0 Å². The molecule has 0 radical (unpaired) electrons. The minimum Gasteiger partial charge on any atom is -0.454 e. The molecule has 152 valence electrons.